The number of alkyl halides is 3. The van der Waals surface area contributed by atoms with Gasteiger partial charge >= 0.3 is 6.18 Å². The molecule has 4 aromatic rings. The molecule has 158 valence electrons. The van der Waals surface area contributed by atoms with Crippen LogP contribution in [-0.4, -0.2) is 30.5 Å². The molecule has 0 atom stereocenters. The zero-order chi connectivity index (χ0) is 22.0. The second-order valence-corrected chi connectivity index (χ2v) is 6.67. The monoisotopic (exact) mass is 428 g/mol. The number of benzene rings is 2. The van der Waals surface area contributed by atoms with Gasteiger partial charge in [-0.15, -0.1) is 5.10 Å². The van der Waals surface area contributed by atoms with E-state index in [-0.39, 0.29) is 11.2 Å². The minimum atomic E-state index is -4.63. The number of halogens is 3. The Morgan fingerprint density at radius 2 is 1.74 bits per heavy atom. The summed E-state index contributed by atoms with van der Waals surface area (Å²) < 4.78 is 41.7. The summed E-state index contributed by atoms with van der Waals surface area (Å²) in [5.41, 5.74) is -0.856. The van der Waals surface area contributed by atoms with Gasteiger partial charge < -0.3 is 5.32 Å². The average Bonchev–Trinajstić information content (AvgIpc) is 3.14. The van der Waals surface area contributed by atoms with Crippen molar-refractivity contribution >= 4 is 22.8 Å². The van der Waals surface area contributed by atoms with Gasteiger partial charge in [0.05, 0.1) is 17.8 Å². The quantitative estimate of drug-likeness (QED) is 0.528. The Bertz CT molecular complexity index is 1300. The largest absolute Gasteiger partial charge is 0.418 e. The molecule has 0 radical (unpaired) electrons. The molecule has 0 saturated heterocycles. The van der Waals surface area contributed by atoms with Crippen LogP contribution in [0.4, 0.5) is 18.9 Å². The molecule has 0 aliphatic carbocycles. The molecule has 0 fully saturated rings. The number of nitrogens with one attached hydrogen (secondary N) is 1. The predicted octanol–water partition coefficient (Wildman–Crippen LogP) is 2.69. The number of para-hydroxylation sites is 1. The fourth-order valence-corrected chi connectivity index (χ4v) is 3.05. The van der Waals surface area contributed by atoms with Crippen molar-refractivity contribution < 1.29 is 18.0 Å². The number of amides is 1. The molecule has 8 nitrogen and oxygen atoms in total. The van der Waals surface area contributed by atoms with Gasteiger partial charge in [-0.1, -0.05) is 47.7 Å². The van der Waals surface area contributed by atoms with Crippen molar-refractivity contribution in [2.75, 3.05) is 5.32 Å². The lowest BCUT2D eigenvalue weighted by atomic mass is 10.1. The van der Waals surface area contributed by atoms with Crippen LogP contribution in [0.15, 0.2) is 65.7 Å². The minimum absolute atomic E-state index is 0.0399. The van der Waals surface area contributed by atoms with Crippen LogP contribution in [0, 0.1) is 0 Å². The molecule has 0 aliphatic rings. The predicted molar refractivity (Wildman–Crippen MR) is 105 cm³/mol. The van der Waals surface area contributed by atoms with Crippen LogP contribution < -0.4 is 10.9 Å². The second kappa shape index (κ2) is 8.01. The summed E-state index contributed by atoms with van der Waals surface area (Å²) in [6.07, 6.45) is -3.48. The van der Waals surface area contributed by atoms with Gasteiger partial charge in [-0.3, -0.25) is 14.2 Å². The SMILES string of the molecule is O=C(Cn1cnc2c(nnn2Cc2ccccc2)c1=O)Nc1ccccc1C(F)(F)F. The second-order valence-electron chi connectivity index (χ2n) is 6.67. The third-order valence-corrected chi connectivity index (χ3v) is 4.49. The first-order chi connectivity index (χ1) is 14.8. The minimum Gasteiger partial charge on any atom is -0.324 e. The topological polar surface area (TPSA) is 94.7 Å². The summed E-state index contributed by atoms with van der Waals surface area (Å²) in [6, 6.07) is 14.0. The molecular weight excluding hydrogens is 413 g/mol. The zero-order valence-corrected chi connectivity index (χ0v) is 15.9. The summed E-state index contributed by atoms with van der Waals surface area (Å²) in [5.74, 6) is -0.809. The molecule has 0 unspecified atom stereocenters. The maximum absolute atomic E-state index is 13.1. The number of rotatable bonds is 5. The number of anilines is 1. The molecule has 0 saturated carbocycles. The standard InChI is InChI=1S/C20H15F3N6O2/c21-20(22,23)14-8-4-5-9-15(14)25-16(30)11-28-12-24-18-17(19(28)31)26-27-29(18)10-13-6-2-1-3-7-13/h1-9,12H,10-11H2,(H,25,30). The van der Waals surface area contributed by atoms with E-state index in [0.29, 0.717) is 6.54 Å². The molecule has 4 rings (SSSR count). The summed E-state index contributed by atoms with van der Waals surface area (Å²) >= 11 is 0. The molecule has 2 aromatic heterocycles. The van der Waals surface area contributed by atoms with Gasteiger partial charge in [0.2, 0.25) is 5.91 Å². The lowest BCUT2D eigenvalue weighted by molar-refractivity contribution is -0.137. The van der Waals surface area contributed by atoms with Gasteiger partial charge in [-0.2, -0.15) is 13.2 Å². The van der Waals surface area contributed by atoms with Gasteiger partial charge in [0.15, 0.2) is 11.2 Å². The lowest BCUT2D eigenvalue weighted by Crippen LogP contribution is -2.28. The fraction of sp³-hybridized carbons (Fsp3) is 0.150. The molecule has 11 heteroatoms. The molecule has 0 bridgehead atoms. The van der Waals surface area contributed by atoms with Gasteiger partial charge in [0.25, 0.3) is 5.56 Å². The van der Waals surface area contributed by atoms with Crippen LogP contribution in [0.25, 0.3) is 11.2 Å². The smallest absolute Gasteiger partial charge is 0.324 e. The van der Waals surface area contributed by atoms with Crippen molar-refractivity contribution in [1.29, 1.82) is 0 Å². The fourth-order valence-electron chi connectivity index (χ4n) is 3.05. The maximum Gasteiger partial charge on any atom is 0.418 e. The van der Waals surface area contributed by atoms with E-state index < -0.39 is 35.4 Å². The van der Waals surface area contributed by atoms with Crippen molar-refractivity contribution in [3.8, 4) is 0 Å². The number of hydrogen-bond acceptors (Lipinski definition) is 5. The van der Waals surface area contributed by atoms with Crippen LogP contribution in [0.5, 0.6) is 0 Å². The van der Waals surface area contributed by atoms with Gasteiger partial charge in [0, 0.05) is 0 Å². The van der Waals surface area contributed by atoms with Crippen molar-refractivity contribution in [1.82, 2.24) is 24.5 Å². The Morgan fingerprint density at radius 3 is 2.48 bits per heavy atom. The Morgan fingerprint density at radius 1 is 1.03 bits per heavy atom. The van der Waals surface area contributed by atoms with Crippen LogP contribution >= 0.6 is 0 Å². The third-order valence-electron chi connectivity index (χ3n) is 4.49. The molecule has 31 heavy (non-hydrogen) atoms. The van der Waals surface area contributed by atoms with E-state index in [2.05, 4.69) is 20.6 Å². The first-order valence-electron chi connectivity index (χ1n) is 9.11. The Labute approximate surface area is 173 Å². The molecule has 1 amide bonds. The van der Waals surface area contributed by atoms with Crippen LogP contribution in [-0.2, 0) is 24.1 Å². The van der Waals surface area contributed by atoms with Gasteiger partial charge in [-0.05, 0) is 17.7 Å². The van der Waals surface area contributed by atoms with Crippen LogP contribution in [0.1, 0.15) is 11.1 Å². The van der Waals surface area contributed by atoms with E-state index >= 15 is 0 Å². The molecule has 2 aromatic carbocycles. The highest BCUT2D eigenvalue weighted by atomic mass is 19.4. The highest BCUT2D eigenvalue weighted by Gasteiger charge is 2.33. The maximum atomic E-state index is 13.1. The van der Waals surface area contributed by atoms with Crippen molar-refractivity contribution in [2.45, 2.75) is 19.3 Å². The Balaban J connectivity index is 1.55. The molecular formula is C20H15F3N6O2. The third kappa shape index (κ3) is 4.29. The van der Waals surface area contributed by atoms with E-state index in [1.165, 1.54) is 16.8 Å². The molecule has 2 heterocycles. The Hall–Kier alpha value is -4.02. The molecule has 0 spiro atoms. The number of aromatic nitrogens is 5. The van der Waals surface area contributed by atoms with Gasteiger partial charge in [0.1, 0.15) is 12.9 Å². The van der Waals surface area contributed by atoms with E-state index in [1.807, 2.05) is 30.3 Å². The highest BCUT2D eigenvalue weighted by Crippen LogP contribution is 2.34. The van der Waals surface area contributed by atoms with E-state index in [4.69, 9.17) is 0 Å². The number of carbonyl (C=O) groups excluding carboxylic acids is 1. The molecule has 1 N–H and O–H groups in total. The number of carbonyl (C=O) groups is 1. The summed E-state index contributed by atoms with van der Waals surface area (Å²) in [5, 5.41) is 9.98. The summed E-state index contributed by atoms with van der Waals surface area (Å²) in [7, 11) is 0. The normalized spacial score (nSPS) is 11.6. The highest BCUT2D eigenvalue weighted by molar-refractivity contribution is 5.91. The number of fused-ring (bicyclic) bond motifs is 1. The lowest BCUT2D eigenvalue weighted by Gasteiger charge is -2.13. The Kier molecular flexibility index (Phi) is 5.24. The average molecular weight is 428 g/mol. The first kappa shape index (κ1) is 20.3. The van der Waals surface area contributed by atoms with Crippen LogP contribution in [0.3, 0.4) is 0 Å². The first-order valence-corrected chi connectivity index (χ1v) is 9.11. The summed E-state index contributed by atoms with van der Waals surface area (Å²) in [6.45, 7) is -0.179. The molecule has 0 aliphatic heterocycles. The summed E-state index contributed by atoms with van der Waals surface area (Å²) in [4.78, 5) is 29.1. The van der Waals surface area contributed by atoms with Crippen molar-refractivity contribution in [3.63, 3.8) is 0 Å². The van der Waals surface area contributed by atoms with E-state index in [0.717, 1.165) is 28.6 Å². The van der Waals surface area contributed by atoms with E-state index in [1.54, 1.807) is 0 Å². The zero-order valence-electron chi connectivity index (χ0n) is 15.9. The van der Waals surface area contributed by atoms with Gasteiger partial charge in [-0.25, -0.2) is 9.67 Å². The number of hydrogen-bond donors (Lipinski definition) is 1. The van der Waals surface area contributed by atoms with Crippen molar-refractivity contribution in [3.05, 3.63) is 82.4 Å². The van der Waals surface area contributed by atoms with Crippen LogP contribution in [0.2, 0.25) is 0 Å². The van der Waals surface area contributed by atoms with E-state index in [9.17, 15) is 22.8 Å². The van der Waals surface area contributed by atoms with Crippen molar-refractivity contribution in [2.24, 2.45) is 0 Å². The number of nitrogens with zero attached hydrogens (tertiary/aromatic N) is 5.